The first-order chi connectivity index (χ1) is 9.13. The monoisotopic (exact) mass is 266 g/mol. The molecule has 1 unspecified atom stereocenters. The highest BCUT2D eigenvalue weighted by molar-refractivity contribution is 5.50. The number of hydrogen-bond donors (Lipinski definition) is 1. The number of hydrogen-bond acceptors (Lipinski definition) is 2. The van der Waals surface area contributed by atoms with E-state index in [0.29, 0.717) is 12.6 Å². The third-order valence-corrected chi connectivity index (χ3v) is 3.58. The summed E-state index contributed by atoms with van der Waals surface area (Å²) >= 11 is 0. The number of anilines is 1. The van der Waals surface area contributed by atoms with E-state index < -0.39 is 0 Å². The van der Waals surface area contributed by atoms with Crippen LogP contribution in [0, 0.1) is 5.82 Å². The van der Waals surface area contributed by atoms with Gasteiger partial charge in [-0.1, -0.05) is 26.3 Å². The van der Waals surface area contributed by atoms with Crippen LogP contribution in [0.2, 0.25) is 0 Å². The van der Waals surface area contributed by atoms with Crippen LogP contribution in [0.25, 0.3) is 0 Å². The first-order valence-electron chi connectivity index (χ1n) is 7.33. The van der Waals surface area contributed by atoms with E-state index in [1.54, 1.807) is 6.07 Å². The molecule has 3 heteroatoms. The van der Waals surface area contributed by atoms with Crippen LogP contribution in [0.4, 0.5) is 10.1 Å². The zero-order valence-corrected chi connectivity index (χ0v) is 12.7. The number of nitrogens with zero attached hydrogens (tertiary/aromatic N) is 1. The molecule has 0 heterocycles. The lowest BCUT2D eigenvalue weighted by molar-refractivity contribution is 0.563. The van der Waals surface area contributed by atoms with Crippen LogP contribution >= 0.6 is 0 Å². The number of halogens is 1. The Morgan fingerprint density at radius 2 is 2.05 bits per heavy atom. The van der Waals surface area contributed by atoms with Gasteiger partial charge in [-0.25, -0.2) is 4.39 Å². The average Bonchev–Trinajstić information content (AvgIpc) is 2.41. The van der Waals surface area contributed by atoms with Gasteiger partial charge in [-0.15, -0.1) is 0 Å². The molecule has 0 radical (unpaired) electrons. The predicted molar refractivity (Wildman–Crippen MR) is 81.2 cm³/mol. The van der Waals surface area contributed by atoms with E-state index in [4.69, 9.17) is 0 Å². The maximum absolute atomic E-state index is 14.3. The molecule has 1 atom stereocenters. The molecule has 1 aromatic carbocycles. The Kier molecular flexibility index (Phi) is 6.85. The van der Waals surface area contributed by atoms with E-state index >= 15 is 0 Å². The van der Waals surface area contributed by atoms with Crippen molar-refractivity contribution in [2.45, 2.75) is 52.6 Å². The molecule has 1 rings (SSSR count). The molecule has 1 aromatic rings. The second-order valence-corrected chi connectivity index (χ2v) is 5.12. The van der Waals surface area contributed by atoms with Gasteiger partial charge in [0, 0.05) is 19.1 Å². The highest BCUT2D eigenvalue weighted by Crippen LogP contribution is 2.24. The van der Waals surface area contributed by atoms with Crippen molar-refractivity contribution in [3.8, 4) is 0 Å². The summed E-state index contributed by atoms with van der Waals surface area (Å²) in [7, 11) is 1.87. The fourth-order valence-electron chi connectivity index (χ4n) is 2.22. The maximum atomic E-state index is 14.3. The van der Waals surface area contributed by atoms with Gasteiger partial charge in [0.1, 0.15) is 5.82 Å². The van der Waals surface area contributed by atoms with Crippen molar-refractivity contribution in [1.29, 1.82) is 0 Å². The van der Waals surface area contributed by atoms with Crippen LogP contribution in [0.5, 0.6) is 0 Å². The molecule has 2 nitrogen and oxygen atoms in total. The van der Waals surface area contributed by atoms with Crippen LogP contribution in [-0.2, 0) is 6.54 Å². The maximum Gasteiger partial charge on any atom is 0.146 e. The van der Waals surface area contributed by atoms with Gasteiger partial charge in [0.2, 0.25) is 0 Å². The molecule has 0 aliphatic carbocycles. The quantitative estimate of drug-likeness (QED) is 0.766. The molecule has 1 N–H and O–H groups in total. The highest BCUT2D eigenvalue weighted by atomic mass is 19.1. The van der Waals surface area contributed by atoms with E-state index in [9.17, 15) is 4.39 Å². The zero-order chi connectivity index (χ0) is 14.3. The van der Waals surface area contributed by atoms with Gasteiger partial charge in [-0.3, -0.25) is 0 Å². The minimum absolute atomic E-state index is 0.107. The third-order valence-electron chi connectivity index (χ3n) is 3.58. The summed E-state index contributed by atoms with van der Waals surface area (Å²) in [4.78, 5) is 2.20. The van der Waals surface area contributed by atoms with Crippen molar-refractivity contribution in [3.63, 3.8) is 0 Å². The Labute approximate surface area is 117 Å². The molecule has 0 fully saturated rings. The number of unbranched alkanes of at least 4 members (excludes halogenated alkanes) is 1. The smallest absolute Gasteiger partial charge is 0.146 e. The Hall–Kier alpha value is -1.09. The lowest BCUT2D eigenvalue weighted by Crippen LogP contribution is -2.34. The van der Waals surface area contributed by atoms with Crippen molar-refractivity contribution in [2.75, 3.05) is 18.5 Å². The second kappa shape index (κ2) is 8.16. The summed E-state index contributed by atoms with van der Waals surface area (Å²) in [5.41, 5.74) is 1.73. The lowest BCUT2D eigenvalue weighted by atomic mass is 10.1. The van der Waals surface area contributed by atoms with Gasteiger partial charge in [0.15, 0.2) is 0 Å². The third kappa shape index (κ3) is 4.50. The van der Waals surface area contributed by atoms with Crippen LogP contribution in [-0.4, -0.2) is 19.6 Å². The van der Waals surface area contributed by atoms with E-state index in [1.807, 2.05) is 19.2 Å². The first kappa shape index (κ1) is 16.0. The molecule has 0 aromatic heterocycles. The summed E-state index contributed by atoms with van der Waals surface area (Å²) < 4.78 is 14.3. The van der Waals surface area contributed by atoms with E-state index in [1.165, 1.54) is 0 Å². The Morgan fingerprint density at radius 1 is 1.32 bits per heavy atom. The largest absolute Gasteiger partial charge is 0.366 e. The fraction of sp³-hybridized carbons (Fsp3) is 0.625. The zero-order valence-electron chi connectivity index (χ0n) is 12.7. The minimum Gasteiger partial charge on any atom is -0.366 e. The Bertz CT molecular complexity index is 379. The SMILES string of the molecule is CCCCN(c1ccc(CNC)cc1F)C(C)CC. The van der Waals surface area contributed by atoms with Gasteiger partial charge in [-0.05, 0) is 44.5 Å². The van der Waals surface area contributed by atoms with Crippen LogP contribution in [0.3, 0.4) is 0 Å². The Morgan fingerprint density at radius 3 is 2.58 bits per heavy atom. The molecule has 0 amide bonds. The average molecular weight is 266 g/mol. The predicted octanol–water partition coefficient (Wildman–Crippen LogP) is 3.95. The Balaban J connectivity index is 2.94. The summed E-state index contributed by atoms with van der Waals surface area (Å²) in [6, 6.07) is 5.95. The first-order valence-corrected chi connectivity index (χ1v) is 7.33. The minimum atomic E-state index is -0.107. The van der Waals surface area contributed by atoms with Crippen molar-refractivity contribution >= 4 is 5.69 Å². The summed E-state index contributed by atoms with van der Waals surface area (Å²) in [6.07, 6.45) is 3.26. The van der Waals surface area contributed by atoms with Crippen molar-refractivity contribution in [2.24, 2.45) is 0 Å². The van der Waals surface area contributed by atoms with Crippen LogP contribution in [0.1, 0.15) is 45.6 Å². The van der Waals surface area contributed by atoms with Gasteiger partial charge < -0.3 is 10.2 Å². The fourth-order valence-corrected chi connectivity index (χ4v) is 2.22. The standard InChI is InChI=1S/C16H27FN2/c1-5-7-10-19(13(3)6-2)16-9-8-14(12-18-4)11-15(16)17/h8-9,11,13,18H,5-7,10,12H2,1-4H3. The number of rotatable bonds is 8. The lowest BCUT2D eigenvalue weighted by Gasteiger charge is -2.31. The van der Waals surface area contributed by atoms with Crippen LogP contribution < -0.4 is 10.2 Å². The molecule has 0 aliphatic heterocycles. The van der Waals surface area contributed by atoms with Crippen molar-refractivity contribution in [1.82, 2.24) is 5.32 Å². The molecular weight excluding hydrogens is 239 g/mol. The molecule has 0 aliphatic rings. The van der Waals surface area contributed by atoms with E-state index in [2.05, 4.69) is 31.0 Å². The van der Waals surface area contributed by atoms with Gasteiger partial charge >= 0.3 is 0 Å². The van der Waals surface area contributed by atoms with Crippen LogP contribution in [0.15, 0.2) is 18.2 Å². The summed E-state index contributed by atoms with van der Waals surface area (Å²) in [5, 5.41) is 3.05. The van der Waals surface area contributed by atoms with Crippen molar-refractivity contribution < 1.29 is 4.39 Å². The van der Waals surface area contributed by atoms with Gasteiger partial charge in [-0.2, -0.15) is 0 Å². The summed E-state index contributed by atoms with van der Waals surface area (Å²) in [6.45, 7) is 8.11. The topological polar surface area (TPSA) is 15.3 Å². The molecule has 108 valence electrons. The molecule has 19 heavy (non-hydrogen) atoms. The second-order valence-electron chi connectivity index (χ2n) is 5.12. The number of nitrogens with one attached hydrogen (secondary N) is 1. The van der Waals surface area contributed by atoms with Gasteiger partial charge in [0.05, 0.1) is 5.69 Å². The highest BCUT2D eigenvalue weighted by Gasteiger charge is 2.16. The van der Waals surface area contributed by atoms with E-state index in [0.717, 1.165) is 37.1 Å². The normalized spacial score (nSPS) is 12.5. The molecule has 0 saturated heterocycles. The number of benzene rings is 1. The summed E-state index contributed by atoms with van der Waals surface area (Å²) in [5.74, 6) is -0.107. The molecule has 0 spiro atoms. The van der Waals surface area contributed by atoms with Gasteiger partial charge in [0.25, 0.3) is 0 Å². The molecule has 0 saturated carbocycles. The van der Waals surface area contributed by atoms with Crippen molar-refractivity contribution in [3.05, 3.63) is 29.6 Å². The molecule has 0 bridgehead atoms. The molecular formula is C16H27FN2. The van der Waals surface area contributed by atoms with E-state index in [-0.39, 0.29) is 5.82 Å².